The van der Waals surface area contributed by atoms with Crippen LogP contribution < -0.4 is 0 Å². The molecule has 0 atom stereocenters. The Balaban J connectivity index is 2.22. The third kappa shape index (κ3) is 1.44. The molecular formula is C11H7ClN4. The van der Waals surface area contributed by atoms with Gasteiger partial charge in [0.2, 0.25) is 0 Å². The fraction of sp³-hybridized carbons (Fsp3) is 0. The van der Waals surface area contributed by atoms with E-state index in [0.717, 1.165) is 16.9 Å². The molecule has 0 N–H and O–H groups in total. The van der Waals surface area contributed by atoms with E-state index in [4.69, 9.17) is 11.6 Å². The minimum atomic E-state index is 0.610. The number of rotatable bonds is 1. The molecule has 0 radical (unpaired) electrons. The molecule has 0 aliphatic heterocycles. The summed E-state index contributed by atoms with van der Waals surface area (Å²) in [6.45, 7) is 0. The van der Waals surface area contributed by atoms with Crippen LogP contribution in [-0.4, -0.2) is 19.7 Å². The van der Waals surface area contributed by atoms with Gasteiger partial charge >= 0.3 is 0 Å². The Morgan fingerprint density at radius 3 is 2.81 bits per heavy atom. The molecule has 0 aliphatic rings. The van der Waals surface area contributed by atoms with Crippen LogP contribution >= 0.6 is 11.6 Å². The van der Waals surface area contributed by atoms with E-state index < -0.39 is 0 Å². The smallest absolute Gasteiger partial charge is 0.154 e. The topological polar surface area (TPSA) is 43.6 Å². The number of halogens is 1. The summed E-state index contributed by atoms with van der Waals surface area (Å²) in [4.78, 5) is 8.42. The van der Waals surface area contributed by atoms with Gasteiger partial charge in [0.25, 0.3) is 0 Å². The summed E-state index contributed by atoms with van der Waals surface area (Å²) >= 11 is 5.79. The maximum atomic E-state index is 5.79. The fourth-order valence-electron chi connectivity index (χ4n) is 1.54. The van der Waals surface area contributed by atoms with Crippen LogP contribution in [0.4, 0.5) is 0 Å². The molecule has 3 heterocycles. The third-order valence-electron chi connectivity index (χ3n) is 2.27. The van der Waals surface area contributed by atoms with Gasteiger partial charge in [-0.25, -0.2) is 9.67 Å². The van der Waals surface area contributed by atoms with E-state index in [1.54, 1.807) is 29.3 Å². The lowest BCUT2D eigenvalue weighted by atomic mass is 10.4. The first-order chi connectivity index (χ1) is 7.84. The van der Waals surface area contributed by atoms with Crippen molar-refractivity contribution in [2.24, 2.45) is 0 Å². The molecule has 0 saturated carbocycles. The molecule has 0 fully saturated rings. The van der Waals surface area contributed by atoms with E-state index in [0.29, 0.717) is 5.02 Å². The van der Waals surface area contributed by atoms with E-state index in [9.17, 15) is 0 Å². The lowest BCUT2D eigenvalue weighted by molar-refractivity contribution is 0.875. The molecule has 3 aromatic heterocycles. The van der Waals surface area contributed by atoms with Gasteiger partial charge in [0, 0.05) is 12.4 Å². The van der Waals surface area contributed by atoms with Gasteiger partial charge in [-0.2, -0.15) is 5.10 Å². The number of hydrogen-bond donors (Lipinski definition) is 0. The van der Waals surface area contributed by atoms with Crippen LogP contribution in [0, 0.1) is 0 Å². The van der Waals surface area contributed by atoms with Gasteiger partial charge in [-0.05, 0) is 24.3 Å². The predicted octanol–water partition coefficient (Wildman–Crippen LogP) is 2.47. The first-order valence-corrected chi connectivity index (χ1v) is 5.13. The normalized spacial score (nSPS) is 10.8. The quantitative estimate of drug-likeness (QED) is 0.645. The lowest BCUT2D eigenvalue weighted by Crippen LogP contribution is -1.98. The van der Waals surface area contributed by atoms with E-state index in [2.05, 4.69) is 15.1 Å². The number of nitrogens with zero attached hydrogens (tertiary/aromatic N) is 4. The Morgan fingerprint density at radius 1 is 1.06 bits per heavy atom. The highest BCUT2D eigenvalue weighted by Gasteiger charge is 2.05. The van der Waals surface area contributed by atoms with Crippen molar-refractivity contribution in [2.45, 2.75) is 0 Å². The summed E-state index contributed by atoms with van der Waals surface area (Å²) in [5.41, 5.74) is 1.77. The van der Waals surface area contributed by atoms with Crippen molar-refractivity contribution >= 4 is 22.6 Å². The predicted molar refractivity (Wildman–Crippen MR) is 61.7 cm³/mol. The largest absolute Gasteiger partial charge is 0.253 e. The van der Waals surface area contributed by atoms with E-state index in [1.807, 2.05) is 18.2 Å². The molecule has 0 spiro atoms. The Kier molecular flexibility index (Phi) is 2.08. The number of pyridine rings is 2. The monoisotopic (exact) mass is 230 g/mol. The first kappa shape index (κ1) is 9.30. The van der Waals surface area contributed by atoms with Crippen LogP contribution in [0.3, 0.4) is 0 Å². The van der Waals surface area contributed by atoms with Crippen LogP contribution in [0.5, 0.6) is 0 Å². The minimum Gasteiger partial charge on any atom is -0.253 e. The Hall–Kier alpha value is -1.94. The van der Waals surface area contributed by atoms with Gasteiger partial charge in [-0.1, -0.05) is 11.6 Å². The molecule has 0 amide bonds. The van der Waals surface area contributed by atoms with E-state index in [-0.39, 0.29) is 0 Å². The van der Waals surface area contributed by atoms with Gasteiger partial charge in [-0.3, -0.25) is 4.98 Å². The zero-order valence-electron chi connectivity index (χ0n) is 8.21. The van der Waals surface area contributed by atoms with Crippen LogP contribution in [0.2, 0.25) is 5.02 Å². The van der Waals surface area contributed by atoms with Gasteiger partial charge in [0.15, 0.2) is 5.82 Å². The van der Waals surface area contributed by atoms with Crippen molar-refractivity contribution in [1.29, 1.82) is 0 Å². The molecule has 3 aromatic rings. The summed E-state index contributed by atoms with van der Waals surface area (Å²) in [5, 5.41) is 4.85. The second-order valence-corrected chi connectivity index (χ2v) is 3.74. The molecule has 0 bridgehead atoms. The molecule has 0 saturated heterocycles. The van der Waals surface area contributed by atoms with Crippen molar-refractivity contribution in [3.8, 4) is 5.82 Å². The van der Waals surface area contributed by atoms with Crippen LogP contribution in [0.25, 0.3) is 16.9 Å². The van der Waals surface area contributed by atoms with Gasteiger partial charge in [-0.15, -0.1) is 0 Å². The number of hydrogen-bond acceptors (Lipinski definition) is 3. The molecule has 78 valence electrons. The van der Waals surface area contributed by atoms with E-state index >= 15 is 0 Å². The second-order valence-electron chi connectivity index (χ2n) is 3.30. The summed E-state index contributed by atoms with van der Waals surface area (Å²) in [5.74, 6) is 0.729. The second kappa shape index (κ2) is 3.57. The number of aromatic nitrogens is 4. The SMILES string of the molecule is Clc1ccc(-n2ncc3ncccc32)nc1. The molecule has 0 unspecified atom stereocenters. The average molecular weight is 231 g/mol. The molecule has 5 heteroatoms. The van der Waals surface area contributed by atoms with Crippen molar-refractivity contribution < 1.29 is 0 Å². The molecule has 16 heavy (non-hydrogen) atoms. The summed E-state index contributed by atoms with van der Waals surface area (Å²) < 4.78 is 1.73. The Bertz CT molecular complexity index is 630. The van der Waals surface area contributed by atoms with Crippen LogP contribution in [0.15, 0.2) is 42.9 Å². The zero-order chi connectivity index (χ0) is 11.0. The van der Waals surface area contributed by atoms with Gasteiger partial charge < -0.3 is 0 Å². The minimum absolute atomic E-state index is 0.610. The summed E-state index contributed by atoms with van der Waals surface area (Å²) in [6.07, 6.45) is 5.05. The maximum absolute atomic E-state index is 5.79. The summed E-state index contributed by atoms with van der Waals surface area (Å²) in [7, 11) is 0. The average Bonchev–Trinajstić information content (AvgIpc) is 2.74. The molecular weight excluding hydrogens is 224 g/mol. The van der Waals surface area contributed by atoms with Crippen molar-refractivity contribution in [1.82, 2.24) is 19.7 Å². The highest BCUT2D eigenvalue weighted by molar-refractivity contribution is 6.30. The van der Waals surface area contributed by atoms with Crippen molar-refractivity contribution in [3.63, 3.8) is 0 Å². The fourth-order valence-corrected chi connectivity index (χ4v) is 1.65. The van der Waals surface area contributed by atoms with Crippen LogP contribution in [-0.2, 0) is 0 Å². The van der Waals surface area contributed by atoms with Crippen LogP contribution in [0.1, 0.15) is 0 Å². The van der Waals surface area contributed by atoms with E-state index in [1.165, 1.54) is 0 Å². The zero-order valence-corrected chi connectivity index (χ0v) is 8.96. The van der Waals surface area contributed by atoms with Gasteiger partial charge in [0.05, 0.1) is 16.7 Å². The van der Waals surface area contributed by atoms with Crippen molar-refractivity contribution in [3.05, 3.63) is 47.9 Å². The highest BCUT2D eigenvalue weighted by atomic mass is 35.5. The number of fused-ring (bicyclic) bond motifs is 1. The molecule has 3 rings (SSSR count). The maximum Gasteiger partial charge on any atom is 0.154 e. The first-order valence-electron chi connectivity index (χ1n) is 4.75. The lowest BCUT2D eigenvalue weighted by Gasteiger charge is -2.01. The third-order valence-corrected chi connectivity index (χ3v) is 2.49. The summed E-state index contributed by atoms with van der Waals surface area (Å²) in [6, 6.07) is 7.43. The molecule has 0 aromatic carbocycles. The standard InChI is InChI=1S/C11H7ClN4/c12-8-3-4-11(14-6-8)16-10-2-1-5-13-9(10)7-15-16/h1-7H. The molecule has 0 aliphatic carbocycles. The highest BCUT2D eigenvalue weighted by Crippen LogP contribution is 2.15. The van der Waals surface area contributed by atoms with Gasteiger partial charge in [0.1, 0.15) is 5.52 Å². The molecule has 4 nitrogen and oxygen atoms in total. The Morgan fingerprint density at radius 2 is 2.00 bits per heavy atom. The Labute approximate surface area is 96.5 Å². The van der Waals surface area contributed by atoms with Crippen molar-refractivity contribution in [2.75, 3.05) is 0 Å².